The van der Waals surface area contributed by atoms with Crippen LogP contribution >= 0.6 is 11.8 Å². The van der Waals surface area contributed by atoms with Gasteiger partial charge in [0.2, 0.25) is 11.9 Å². The SMILES string of the molecule is COc1ccc(OC)c(NC(=O)C(C)n2c(N)nnc2SC)c1. The predicted molar refractivity (Wildman–Crippen MR) is 89.1 cm³/mol. The van der Waals surface area contributed by atoms with Crippen LogP contribution in [0.2, 0.25) is 0 Å². The van der Waals surface area contributed by atoms with E-state index in [1.54, 1.807) is 36.8 Å². The molecule has 9 heteroatoms. The Hall–Kier alpha value is -2.42. The zero-order valence-corrected chi connectivity index (χ0v) is 14.2. The van der Waals surface area contributed by atoms with Crippen molar-refractivity contribution in [1.29, 1.82) is 0 Å². The van der Waals surface area contributed by atoms with E-state index in [-0.39, 0.29) is 11.9 Å². The Bertz CT molecular complexity index is 704. The molecule has 0 bridgehead atoms. The van der Waals surface area contributed by atoms with Crippen LogP contribution in [0.5, 0.6) is 11.5 Å². The van der Waals surface area contributed by atoms with E-state index in [2.05, 4.69) is 15.5 Å². The van der Waals surface area contributed by atoms with Crippen LogP contribution in [0.4, 0.5) is 11.6 Å². The topological polar surface area (TPSA) is 104 Å². The summed E-state index contributed by atoms with van der Waals surface area (Å²) in [5.41, 5.74) is 6.32. The molecule has 8 nitrogen and oxygen atoms in total. The normalized spacial score (nSPS) is 11.8. The average Bonchev–Trinajstić information content (AvgIpc) is 2.94. The molecule has 0 saturated heterocycles. The highest BCUT2D eigenvalue weighted by Gasteiger charge is 2.22. The van der Waals surface area contributed by atoms with Gasteiger partial charge in [-0.25, -0.2) is 0 Å². The van der Waals surface area contributed by atoms with Gasteiger partial charge < -0.3 is 20.5 Å². The predicted octanol–water partition coefficient (Wildman–Crippen LogP) is 1.80. The first-order valence-electron chi connectivity index (χ1n) is 6.79. The Morgan fingerprint density at radius 3 is 2.70 bits per heavy atom. The van der Waals surface area contributed by atoms with Crippen molar-refractivity contribution < 1.29 is 14.3 Å². The number of nitrogen functional groups attached to an aromatic ring is 1. The number of aromatic nitrogens is 3. The second-order valence-electron chi connectivity index (χ2n) is 4.65. The first-order valence-corrected chi connectivity index (χ1v) is 8.01. The highest BCUT2D eigenvalue weighted by atomic mass is 32.2. The van der Waals surface area contributed by atoms with E-state index in [9.17, 15) is 4.79 Å². The fourth-order valence-corrected chi connectivity index (χ4v) is 2.63. The highest BCUT2D eigenvalue weighted by Crippen LogP contribution is 2.30. The number of rotatable bonds is 6. The van der Waals surface area contributed by atoms with E-state index in [1.165, 1.54) is 18.9 Å². The molecule has 1 unspecified atom stereocenters. The molecule has 2 aromatic rings. The Morgan fingerprint density at radius 2 is 2.09 bits per heavy atom. The van der Waals surface area contributed by atoms with Crippen molar-refractivity contribution in [1.82, 2.24) is 14.8 Å². The van der Waals surface area contributed by atoms with E-state index in [0.717, 1.165) is 0 Å². The molecule has 0 spiro atoms. The molecule has 2 rings (SSSR count). The standard InChI is InChI=1S/C14H19N5O3S/c1-8(19-13(15)17-18-14(19)23-4)12(20)16-10-7-9(21-2)5-6-11(10)22-3/h5-8H,1-4H3,(H2,15,17)(H,16,20). The molecule has 0 fully saturated rings. The van der Waals surface area contributed by atoms with Crippen LogP contribution in [0.1, 0.15) is 13.0 Å². The lowest BCUT2D eigenvalue weighted by Gasteiger charge is -2.17. The van der Waals surface area contributed by atoms with Crippen LogP contribution in [0.25, 0.3) is 0 Å². The van der Waals surface area contributed by atoms with Gasteiger partial charge in [-0.1, -0.05) is 11.8 Å². The van der Waals surface area contributed by atoms with Crippen molar-refractivity contribution in [3.05, 3.63) is 18.2 Å². The van der Waals surface area contributed by atoms with Crippen molar-refractivity contribution in [2.24, 2.45) is 0 Å². The number of hydrogen-bond acceptors (Lipinski definition) is 7. The van der Waals surface area contributed by atoms with E-state index in [4.69, 9.17) is 15.2 Å². The summed E-state index contributed by atoms with van der Waals surface area (Å²) in [5, 5.41) is 11.1. The van der Waals surface area contributed by atoms with Gasteiger partial charge in [-0.3, -0.25) is 9.36 Å². The fraction of sp³-hybridized carbons (Fsp3) is 0.357. The lowest BCUT2D eigenvalue weighted by molar-refractivity contribution is -0.118. The van der Waals surface area contributed by atoms with Crippen molar-refractivity contribution in [2.45, 2.75) is 18.1 Å². The van der Waals surface area contributed by atoms with Gasteiger partial charge in [-0.15, -0.1) is 10.2 Å². The number of nitrogens with one attached hydrogen (secondary N) is 1. The fourth-order valence-electron chi connectivity index (χ4n) is 2.06. The molecule has 0 radical (unpaired) electrons. The van der Waals surface area contributed by atoms with Crippen molar-refractivity contribution >= 4 is 29.3 Å². The molecule has 1 amide bonds. The molecule has 23 heavy (non-hydrogen) atoms. The molecular formula is C14H19N5O3S. The van der Waals surface area contributed by atoms with Gasteiger partial charge in [-0.05, 0) is 25.3 Å². The van der Waals surface area contributed by atoms with Crippen molar-refractivity contribution in [2.75, 3.05) is 31.5 Å². The number of benzene rings is 1. The summed E-state index contributed by atoms with van der Waals surface area (Å²) in [6.45, 7) is 1.72. The van der Waals surface area contributed by atoms with Crippen LogP contribution in [0.3, 0.4) is 0 Å². The van der Waals surface area contributed by atoms with E-state index in [1.807, 2.05) is 6.26 Å². The summed E-state index contributed by atoms with van der Waals surface area (Å²) in [7, 11) is 3.09. The molecule has 1 atom stereocenters. The third-order valence-corrected chi connectivity index (χ3v) is 3.95. The van der Waals surface area contributed by atoms with Gasteiger partial charge in [0.25, 0.3) is 0 Å². The molecule has 0 saturated carbocycles. The molecule has 1 heterocycles. The third-order valence-electron chi connectivity index (χ3n) is 3.30. The molecular weight excluding hydrogens is 318 g/mol. The summed E-state index contributed by atoms with van der Waals surface area (Å²) < 4.78 is 12.0. The monoisotopic (exact) mass is 337 g/mol. The first kappa shape index (κ1) is 16.9. The maximum atomic E-state index is 12.6. The highest BCUT2D eigenvalue weighted by molar-refractivity contribution is 7.98. The lowest BCUT2D eigenvalue weighted by Crippen LogP contribution is -2.25. The van der Waals surface area contributed by atoms with Crippen molar-refractivity contribution in [3.63, 3.8) is 0 Å². The summed E-state index contributed by atoms with van der Waals surface area (Å²) in [6.07, 6.45) is 1.84. The number of ether oxygens (including phenoxy) is 2. The Morgan fingerprint density at radius 1 is 1.35 bits per heavy atom. The molecule has 1 aromatic carbocycles. The van der Waals surface area contributed by atoms with E-state index in [0.29, 0.717) is 22.3 Å². The Kier molecular flexibility index (Phi) is 5.32. The van der Waals surface area contributed by atoms with Crippen molar-refractivity contribution in [3.8, 4) is 11.5 Å². The molecule has 1 aromatic heterocycles. The molecule has 0 aliphatic heterocycles. The number of carbonyl (C=O) groups is 1. The zero-order chi connectivity index (χ0) is 17.0. The smallest absolute Gasteiger partial charge is 0.247 e. The number of carbonyl (C=O) groups excluding carboxylic acids is 1. The number of nitrogens with two attached hydrogens (primary N) is 1. The number of amides is 1. The van der Waals surface area contributed by atoms with Crippen LogP contribution in [-0.2, 0) is 4.79 Å². The maximum absolute atomic E-state index is 12.6. The number of hydrogen-bond donors (Lipinski definition) is 2. The Labute approximate surface area is 138 Å². The van der Waals surface area contributed by atoms with Crippen LogP contribution in [0, 0.1) is 0 Å². The molecule has 0 aliphatic carbocycles. The van der Waals surface area contributed by atoms with Gasteiger partial charge in [0.05, 0.1) is 19.9 Å². The quantitative estimate of drug-likeness (QED) is 0.774. The van der Waals surface area contributed by atoms with E-state index >= 15 is 0 Å². The van der Waals surface area contributed by atoms with Gasteiger partial charge >= 0.3 is 0 Å². The maximum Gasteiger partial charge on any atom is 0.247 e. The minimum atomic E-state index is -0.580. The summed E-state index contributed by atoms with van der Waals surface area (Å²) in [4.78, 5) is 12.6. The largest absolute Gasteiger partial charge is 0.497 e. The van der Waals surface area contributed by atoms with Crippen LogP contribution < -0.4 is 20.5 Å². The summed E-state index contributed by atoms with van der Waals surface area (Å²) in [5.74, 6) is 1.07. The van der Waals surface area contributed by atoms with Gasteiger partial charge in [0.15, 0.2) is 5.16 Å². The Balaban J connectivity index is 2.26. The second-order valence-corrected chi connectivity index (χ2v) is 5.42. The summed E-state index contributed by atoms with van der Waals surface area (Å²) in [6, 6.07) is 4.58. The second kappa shape index (κ2) is 7.23. The minimum absolute atomic E-state index is 0.189. The number of anilines is 2. The number of thioether (sulfide) groups is 1. The lowest BCUT2D eigenvalue weighted by atomic mass is 10.2. The summed E-state index contributed by atoms with van der Waals surface area (Å²) >= 11 is 1.37. The van der Waals surface area contributed by atoms with Crippen LogP contribution in [-0.4, -0.2) is 41.1 Å². The third kappa shape index (κ3) is 3.50. The van der Waals surface area contributed by atoms with Crippen LogP contribution in [0.15, 0.2) is 23.4 Å². The molecule has 124 valence electrons. The van der Waals surface area contributed by atoms with E-state index < -0.39 is 6.04 Å². The van der Waals surface area contributed by atoms with Gasteiger partial charge in [0, 0.05) is 6.07 Å². The van der Waals surface area contributed by atoms with Gasteiger partial charge in [-0.2, -0.15) is 0 Å². The number of nitrogens with zero attached hydrogens (tertiary/aromatic N) is 3. The zero-order valence-electron chi connectivity index (χ0n) is 13.4. The molecule has 0 aliphatic rings. The number of methoxy groups -OCH3 is 2. The molecule has 3 N–H and O–H groups in total. The first-order chi connectivity index (χ1) is 11.0. The van der Waals surface area contributed by atoms with Gasteiger partial charge in [0.1, 0.15) is 17.5 Å². The average molecular weight is 337 g/mol. The minimum Gasteiger partial charge on any atom is -0.497 e.